The quantitative estimate of drug-likeness (QED) is 0.685. The van der Waals surface area contributed by atoms with Crippen LogP contribution in [-0.2, 0) is 6.54 Å². The van der Waals surface area contributed by atoms with Crippen molar-refractivity contribution in [3.05, 3.63) is 71.6 Å². The van der Waals surface area contributed by atoms with Gasteiger partial charge in [0.2, 0.25) is 0 Å². The predicted octanol–water partition coefficient (Wildman–Crippen LogP) is 4.61. The van der Waals surface area contributed by atoms with Gasteiger partial charge >= 0.3 is 0 Å². The van der Waals surface area contributed by atoms with E-state index >= 15 is 0 Å². The minimum Gasteiger partial charge on any atom is -0.398 e. The Hall–Kier alpha value is -2.26. The molecule has 3 rings (SSSR count). The van der Waals surface area contributed by atoms with Crippen LogP contribution in [-0.4, -0.2) is 0 Å². The van der Waals surface area contributed by atoms with Gasteiger partial charge in [0.25, 0.3) is 0 Å². The van der Waals surface area contributed by atoms with E-state index in [1.807, 2.05) is 24.3 Å². The topological polar surface area (TPSA) is 38.0 Å². The fourth-order valence-corrected chi connectivity index (χ4v) is 2.88. The van der Waals surface area contributed by atoms with Crippen molar-refractivity contribution in [2.75, 3.05) is 11.1 Å². The van der Waals surface area contributed by atoms with Gasteiger partial charge in [-0.3, -0.25) is 0 Å². The summed E-state index contributed by atoms with van der Waals surface area (Å²) in [6, 6.07) is 20.6. The number of hydrogen-bond donors (Lipinski definition) is 2. The summed E-state index contributed by atoms with van der Waals surface area (Å²) in [5, 5.41) is 5.51. The number of thiophene rings is 1. The van der Waals surface area contributed by atoms with Gasteiger partial charge in [0, 0.05) is 28.4 Å². The molecular formula is C17H16N2S. The van der Waals surface area contributed by atoms with Gasteiger partial charge in [-0.05, 0) is 35.2 Å². The lowest BCUT2D eigenvalue weighted by molar-refractivity contribution is 1.15. The number of anilines is 2. The van der Waals surface area contributed by atoms with Crippen LogP contribution in [0.1, 0.15) is 5.56 Å². The maximum atomic E-state index is 6.07. The van der Waals surface area contributed by atoms with Crippen molar-refractivity contribution in [2.45, 2.75) is 6.54 Å². The van der Waals surface area contributed by atoms with Crippen molar-refractivity contribution in [3.8, 4) is 10.4 Å². The second kappa shape index (κ2) is 5.80. The maximum absolute atomic E-state index is 6.07. The zero-order valence-corrected chi connectivity index (χ0v) is 11.9. The monoisotopic (exact) mass is 280 g/mol. The molecule has 0 amide bonds. The summed E-state index contributed by atoms with van der Waals surface area (Å²) in [5.74, 6) is 0. The van der Waals surface area contributed by atoms with Gasteiger partial charge in [-0.2, -0.15) is 0 Å². The van der Waals surface area contributed by atoms with E-state index in [2.05, 4.69) is 47.1 Å². The zero-order valence-electron chi connectivity index (χ0n) is 11.0. The average Bonchev–Trinajstić information content (AvgIpc) is 3.01. The van der Waals surface area contributed by atoms with Gasteiger partial charge in [0.05, 0.1) is 0 Å². The van der Waals surface area contributed by atoms with Gasteiger partial charge < -0.3 is 11.1 Å². The molecule has 1 heterocycles. The largest absolute Gasteiger partial charge is 0.398 e. The molecule has 0 radical (unpaired) electrons. The van der Waals surface area contributed by atoms with Crippen LogP contribution in [0.4, 0.5) is 11.4 Å². The van der Waals surface area contributed by atoms with E-state index in [0.717, 1.165) is 23.5 Å². The predicted molar refractivity (Wildman–Crippen MR) is 87.9 cm³/mol. The summed E-state index contributed by atoms with van der Waals surface area (Å²) in [7, 11) is 0. The van der Waals surface area contributed by atoms with E-state index in [9.17, 15) is 0 Å². The fourth-order valence-electron chi connectivity index (χ4n) is 2.11. The molecule has 0 fully saturated rings. The molecule has 0 aliphatic heterocycles. The third kappa shape index (κ3) is 2.83. The molecule has 0 bridgehead atoms. The van der Waals surface area contributed by atoms with Crippen molar-refractivity contribution in [3.63, 3.8) is 0 Å². The Balaban J connectivity index is 1.79. The van der Waals surface area contributed by atoms with Crippen LogP contribution in [0.2, 0.25) is 0 Å². The first-order chi connectivity index (χ1) is 9.83. The first-order valence-corrected chi connectivity index (χ1v) is 7.42. The van der Waals surface area contributed by atoms with Crippen LogP contribution in [0, 0.1) is 0 Å². The number of benzene rings is 2. The minimum absolute atomic E-state index is 0.814. The van der Waals surface area contributed by atoms with Crippen molar-refractivity contribution >= 4 is 22.7 Å². The highest BCUT2D eigenvalue weighted by Gasteiger charge is 2.05. The van der Waals surface area contributed by atoms with E-state index in [1.165, 1.54) is 10.4 Å². The Morgan fingerprint density at radius 3 is 2.55 bits per heavy atom. The Labute approximate surface area is 122 Å². The molecule has 2 nitrogen and oxygen atoms in total. The summed E-state index contributed by atoms with van der Waals surface area (Å²) < 4.78 is 0. The lowest BCUT2D eigenvalue weighted by atomic mass is 10.1. The first kappa shape index (κ1) is 12.8. The smallest absolute Gasteiger partial charge is 0.0403 e. The number of hydrogen-bond acceptors (Lipinski definition) is 3. The fraction of sp³-hybridized carbons (Fsp3) is 0.0588. The van der Waals surface area contributed by atoms with Crippen molar-refractivity contribution in [1.29, 1.82) is 0 Å². The molecule has 3 N–H and O–H groups in total. The van der Waals surface area contributed by atoms with E-state index in [4.69, 9.17) is 5.73 Å². The van der Waals surface area contributed by atoms with Crippen molar-refractivity contribution in [2.24, 2.45) is 0 Å². The van der Waals surface area contributed by atoms with Crippen LogP contribution < -0.4 is 11.1 Å². The van der Waals surface area contributed by atoms with Gasteiger partial charge in [-0.25, -0.2) is 0 Å². The Bertz CT molecular complexity index is 675. The molecule has 0 atom stereocenters. The molecule has 100 valence electrons. The van der Waals surface area contributed by atoms with E-state index in [0.29, 0.717) is 0 Å². The van der Waals surface area contributed by atoms with Gasteiger partial charge in [-0.1, -0.05) is 36.4 Å². The second-order valence-electron chi connectivity index (χ2n) is 4.62. The van der Waals surface area contributed by atoms with Crippen molar-refractivity contribution < 1.29 is 0 Å². The number of nitrogens with two attached hydrogens (primary N) is 1. The lowest BCUT2D eigenvalue weighted by Gasteiger charge is -2.10. The molecular weight excluding hydrogens is 264 g/mol. The highest BCUT2D eigenvalue weighted by Crippen LogP contribution is 2.32. The molecule has 1 aromatic heterocycles. The molecule has 3 aromatic rings. The Morgan fingerprint density at radius 1 is 0.950 bits per heavy atom. The van der Waals surface area contributed by atoms with Crippen LogP contribution in [0.15, 0.2) is 66.0 Å². The van der Waals surface area contributed by atoms with E-state index in [1.54, 1.807) is 11.3 Å². The summed E-state index contributed by atoms with van der Waals surface area (Å²) >= 11 is 1.71. The van der Waals surface area contributed by atoms with Gasteiger partial charge in [-0.15, -0.1) is 11.3 Å². The van der Waals surface area contributed by atoms with Crippen LogP contribution in [0.3, 0.4) is 0 Å². The minimum atomic E-state index is 0.814. The number of nitrogens with one attached hydrogen (secondary N) is 1. The normalized spacial score (nSPS) is 10.4. The summed E-state index contributed by atoms with van der Waals surface area (Å²) in [4.78, 5) is 1.20. The molecule has 0 spiro atoms. The highest BCUT2D eigenvalue weighted by atomic mass is 32.1. The first-order valence-electron chi connectivity index (χ1n) is 6.54. The molecule has 0 saturated heterocycles. The van der Waals surface area contributed by atoms with Crippen LogP contribution >= 0.6 is 11.3 Å². The molecule has 0 saturated carbocycles. The summed E-state index contributed by atoms with van der Waals surface area (Å²) in [6.07, 6.45) is 0. The number of nitrogen functional groups attached to an aromatic ring is 1. The Morgan fingerprint density at radius 2 is 1.80 bits per heavy atom. The second-order valence-corrected chi connectivity index (χ2v) is 5.57. The maximum Gasteiger partial charge on any atom is 0.0403 e. The molecule has 2 aromatic carbocycles. The zero-order chi connectivity index (χ0) is 13.8. The molecule has 3 heteroatoms. The van der Waals surface area contributed by atoms with Crippen LogP contribution in [0.5, 0.6) is 0 Å². The molecule has 0 aliphatic carbocycles. The highest BCUT2D eigenvalue weighted by molar-refractivity contribution is 7.13. The third-order valence-corrected chi connectivity index (χ3v) is 4.08. The van der Waals surface area contributed by atoms with E-state index < -0.39 is 0 Å². The SMILES string of the molecule is Nc1ccc(NCc2ccccc2)cc1-c1cccs1. The standard InChI is InChI=1S/C17H16N2S/c18-16-9-8-14(11-15(16)17-7-4-10-20-17)19-12-13-5-2-1-3-6-13/h1-11,19H,12,18H2. The third-order valence-electron chi connectivity index (χ3n) is 3.18. The molecule has 0 aliphatic rings. The number of rotatable bonds is 4. The van der Waals surface area contributed by atoms with Crippen molar-refractivity contribution in [1.82, 2.24) is 0 Å². The van der Waals surface area contributed by atoms with E-state index in [-0.39, 0.29) is 0 Å². The molecule has 20 heavy (non-hydrogen) atoms. The van der Waals surface area contributed by atoms with Gasteiger partial charge in [0.1, 0.15) is 0 Å². The Kier molecular flexibility index (Phi) is 3.70. The van der Waals surface area contributed by atoms with Gasteiger partial charge in [0.15, 0.2) is 0 Å². The summed E-state index contributed by atoms with van der Waals surface area (Å²) in [5.41, 5.74) is 10.3. The van der Waals surface area contributed by atoms with Crippen LogP contribution in [0.25, 0.3) is 10.4 Å². The lowest BCUT2D eigenvalue weighted by Crippen LogP contribution is -2.00. The summed E-state index contributed by atoms with van der Waals surface area (Å²) in [6.45, 7) is 0.814. The average molecular weight is 280 g/mol. The molecule has 0 unspecified atom stereocenters.